The Balaban J connectivity index is 3.26. The molecule has 0 atom stereocenters. The Bertz CT molecular complexity index is 87.7. The Morgan fingerprint density at radius 2 is 2.43 bits per heavy atom. The van der Waals surface area contributed by atoms with Gasteiger partial charge in [0.2, 0.25) is 0 Å². The van der Waals surface area contributed by atoms with E-state index in [9.17, 15) is 0 Å². The zero-order chi connectivity index (χ0) is 5.70. The summed E-state index contributed by atoms with van der Waals surface area (Å²) in [5.41, 5.74) is 0.391. The topological polar surface area (TPSA) is 45.4 Å². The summed E-state index contributed by atoms with van der Waals surface area (Å²) in [6.45, 7) is 1.63. The van der Waals surface area contributed by atoms with Crippen molar-refractivity contribution in [3.8, 4) is 0 Å². The lowest BCUT2D eigenvalue weighted by Gasteiger charge is -1.81. The van der Waals surface area contributed by atoms with Crippen molar-refractivity contribution in [3.05, 3.63) is 0 Å². The second-order valence-electron chi connectivity index (χ2n) is 1.10. The van der Waals surface area contributed by atoms with Crippen molar-refractivity contribution in [2.45, 2.75) is 6.92 Å². The third-order valence-electron chi connectivity index (χ3n) is 0.352. The van der Waals surface area contributed by atoms with Crippen LogP contribution in [0, 0.1) is 5.41 Å². The maximum atomic E-state index is 6.77. The largest absolute Gasteiger partial charge is 0.399 e. The minimum atomic E-state index is 0.391. The highest BCUT2D eigenvalue weighted by Gasteiger charge is 1.72. The molecule has 0 radical (unpaired) electrons. The third-order valence-corrected chi connectivity index (χ3v) is 0.352. The lowest BCUT2D eigenvalue weighted by atomic mass is 10.5. The van der Waals surface area contributed by atoms with E-state index < -0.39 is 0 Å². The maximum absolute atomic E-state index is 6.77. The molecular formula is C4H8N2O. The molecule has 0 aliphatic heterocycles. The van der Waals surface area contributed by atoms with Gasteiger partial charge in [-0.1, -0.05) is 5.16 Å². The van der Waals surface area contributed by atoms with E-state index in [1.54, 1.807) is 6.92 Å². The van der Waals surface area contributed by atoms with Crippen LogP contribution in [0.25, 0.3) is 0 Å². The van der Waals surface area contributed by atoms with Crippen molar-refractivity contribution in [2.24, 2.45) is 5.16 Å². The first-order valence-electron chi connectivity index (χ1n) is 1.89. The fourth-order valence-corrected chi connectivity index (χ4v) is 0.132. The summed E-state index contributed by atoms with van der Waals surface area (Å²) in [6, 6.07) is 0. The van der Waals surface area contributed by atoms with Crippen molar-refractivity contribution < 1.29 is 4.84 Å². The number of oxime groups is 1. The molecule has 0 saturated heterocycles. The van der Waals surface area contributed by atoms with Gasteiger partial charge in [-0.3, -0.25) is 0 Å². The standard InChI is InChI=1S/C4H8N2O/c1-4(5)3-6-7-2/h3,5H,1-2H3. The Labute approximate surface area is 42.5 Å². The van der Waals surface area contributed by atoms with Crippen LogP contribution in [-0.4, -0.2) is 19.0 Å². The molecule has 0 fully saturated rings. The van der Waals surface area contributed by atoms with Crippen molar-refractivity contribution in [3.63, 3.8) is 0 Å². The Morgan fingerprint density at radius 3 is 2.57 bits per heavy atom. The van der Waals surface area contributed by atoms with E-state index in [1.807, 2.05) is 0 Å². The zero-order valence-electron chi connectivity index (χ0n) is 4.43. The van der Waals surface area contributed by atoms with Crippen LogP contribution in [0.1, 0.15) is 6.92 Å². The molecule has 0 spiro atoms. The molecule has 3 heteroatoms. The highest BCUT2D eigenvalue weighted by Crippen LogP contribution is 1.64. The van der Waals surface area contributed by atoms with Crippen molar-refractivity contribution in [1.82, 2.24) is 0 Å². The molecular weight excluding hydrogens is 92.1 g/mol. The first kappa shape index (κ1) is 6.14. The lowest BCUT2D eigenvalue weighted by molar-refractivity contribution is 0.216. The van der Waals surface area contributed by atoms with Gasteiger partial charge in [-0.2, -0.15) is 0 Å². The van der Waals surface area contributed by atoms with Gasteiger partial charge in [0, 0.05) is 5.71 Å². The molecule has 1 N–H and O–H groups in total. The molecule has 7 heavy (non-hydrogen) atoms. The highest BCUT2D eigenvalue weighted by molar-refractivity contribution is 6.27. The van der Waals surface area contributed by atoms with E-state index in [-0.39, 0.29) is 0 Å². The van der Waals surface area contributed by atoms with Crippen LogP contribution in [0.2, 0.25) is 0 Å². The van der Waals surface area contributed by atoms with E-state index in [2.05, 4.69) is 9.99 Å². The third kappa shape index (κ3) is 5.14. The number of nitrogens with zero attached hydrogens (tertiary/aromatic N) is 1. The molecule has 0 heterocycles. The monoisotopic (exact) mass is 100 g/mol. The van der Waals surface area contributed by atoms with Gasteiger partial charge in [0.25, 0.3) is 0 Å². The average Bonchev–Trinajstić information content (AvgIpc) is 1.61. The van der Waals surface area contributed by atoms with Gasteiger partial charge in [-0.25, -0.2) is 0 Å². The predicted molar refractivity (Wildman–Crippen MR) is 28.9 cm³/mol. The molecule has 0 amide bonds. The molecule has 0 aromatic carbocycles. The summed E-state index contributed by atoms with van der Waals surface area (Å²) in [5.74, 6) is 0. The van der Waals surface area contributed by atoms with Gasteiger partial charge in [-0.15, -0.1) is 0 Å². The predicted octanol–water partition coefficient (Wildman–Crippen LogP) is 0.658. The second-order valence-corrected chi connectivity index (χ2v) is 1.10. The van der Waals surface area contributed by atoms with Gasteiger partial charge in [0.05, 0.1) is 6.21 Å². The highest BCUT2D eigenvalue weighted by atomic mass is 16.6. The van der Waals surface area contributed by atoms with Crippen LogP contribution >= 0.6 is 0 Å². The molecule has 0 unspecified atom stereocenters. The van der Waals surface area contributed by atoms with Crippen molar-refractivity contribution >= 4 is 11.9 Å². The minimum absolute atomic E-state index is 0.391. The van der Waals surface area contributed by atoms with Gasteiger partial charge in [-0.05, 0) is 6.92 Å². The summed E-state index contributed by atoms with van der Waals surface area (Å²) in [4.78, 5) is 4.28. The van der Waals surface area contributed by atoms with Crippen LogP contribution in [0.15, 0.2) is 5.16 Å². The van der Waals surface area contributed by atoms with Crippen LogP contribution in [-0.2, 0) is 4.84 Å². The fraction of sp³-hybridized carbons (Fsp3) is 0.500. The van der Waals surface area contributed by atoms with Crippen LogP contribution in [0.4, 0.5) is 0 Å². The van der Waals surface area contributed by atoms with E-state index >= 15 is 0 Å². The summed E-state index contributed by atoms with van der Waals surface area (Å²) in [5, 5.41) is 10.1. The quantitative estimate of drug-likeness (QED) is 0.402. The van der Waals surface area contributed by atoms with E-state index in [0.29, 0.717) is 5.71 Å². The fourth-order valence-electron chi connectivity index (χ4n) is 0.132. The van der Waals surface area contributed by atoms with E-state index in [1.165, 1.54) is 13.3 Å². The molecule has 0 aliphatic rings. The average molecular weight is 100 g/mol. The normalized spacial score (nSPS) is 9.43. The Hall–Kier alpha value is -0.860. The molecule has 0 rings (SSSR count). The SMILES string of the molecule is CON=CC(C)=N. The van der Waals surface area contributed by atoms with Crippen LogP contribution in [0.5, 0.6) is 0 Å². The maximum Gasteiger partial charge on any atom is 0.106 e. The van der Waals surface area contributed by atoms with Gasteiger partial charge < -0.3 is 10.2 Å². The lowest BCUT2D eigenvalue weighted by Crippen LogP contribution is -1.87. The van der Waals surface area contributed by atoms with Gasteiger partial charge in [0.1, 0.15) is 7.11 Å². The van der Waals surface area contributed by atoms with Gasteiger partial charge in [0.15, 0.2) is 0 Å². The Kier molecular flexibility index (Phi) is 2.92. The molecule has 0 aromatic heterocycles. The summed E-state index contributed by atoms with van der Waals surface area (Å²) >= 11 is 0. The number of hydrogen-bond donors (Lipinski definition) is 1. The summed E-state index contributed by atoms with van der Waals surface area (Å²) in [7, 11) is 1.44. The molecule has 0 saturated carbocycles. The Morgan fingerprint density at radius 1 is 1.86 bits per heavy atom. The molecule has 0 aliphatic carbocycles. The van der Waals surface area contributed by atoms with Crippen LogP contribution in [0.3, 0.4) is 0 Å². The second kappa shape index (κ2) is 3.33. The first-order chi connectivity index (χ1) is 3.27. The molecule has 40 valence electrons. The number of hydrogen-bond acceptors (Lipinski definition) is 3. The van der Waals surface area contributed by atoms with Gasteiger partial charge >= 0.3 is 0 Å². The zero-order valence-corrected chi connectivity index (χ0v) is 4.43. The smallest absolute Gasteiger partial charge is 0.106 e. The summed E-state index contributed by atoms with van der Waals surface area (Å²) in [6.07, 6.45) is 1.33. The molecule has 3 nitrogen and oxygen atoms in total. The molecule has 0 bridgehead atoms. The number of rotatable bonds is 2. The summed E-state index contributed by atoms with van der Waals surface area (Å²) < 4.78 is 0. The van der Waals surface area contributed by atoms with Crippen molar-refractivity contribution in [1.29, 1.82) is 5.41 Å². The van der Waals surface area contributed by atoms with Crippen molar-refractivity contribution in [2.75, 3.05) is 7.11 Å². The molecule has 0 aromatic rings. The van der Waals surface area contributed by atoms with E-state index in [0.717, 1.165) is 0 Å². The van der Waals surface area contributed by atoms with E-state index in [4.69, 9.17) is 5.41 Å². The minimum Gasteiger partial charge on any atom is -0.399 e. The number of nitrogens with one attached hydrogen (secondary N) is 1. The van der Waals surface area contributed by atoms with Crippen LogP contribution < -0.4 is 0 Å². The first-order valence-corrected chi connectivity index (χ1v) is 1.89.